The first-order chi connectivity index (χ1) is 13.8. The zero-order chi connectivity index (χ0) is 22.7. The molecule has 2 aromatic carbocycles. The van der Waals surface area contributed by atoms with Gasteiger partial charge >= 0.3 is 12.1 Å². The predicted octanol–water partition coefficient (Wildman–Crippen LogP) is 3.20. The summed E-state index contributed by atoms with van der Waals surface area (Å²) < 4.78 is 82.2. The van der Waals surface area contributed by atoms with E-state index in [0.717, 1.165) is 25.2 Å². The summed E-state index contributed by atoms with van der Waals surface area (Å²) in [4.78, 5) is 23.5. The molecule has 0 radical (unpaired) electrons. The highest BCUT2D eigenvalue weighted by Gasteiger charge is 2.31. The van der Waals surface area contributed by atoms with Gasteiger partial charge in [0.1, 0.15) is 5.82 Å². The van der Waals surface area contributed by atoms with E-state index in [1.165, 1.54) is 0 Å². The standard InChI is InChI=1S/C17H13ClF4N2O5S/c1-23-30(27,28)10-3-5-13(19)11(7-10)16(26)29-8-15(25)24-14-6-9(17(20,21)22)2-4-12(14)18/h2-7,23H,8H2,1H3,(H,24,25). The van der Waals surface area contributed by atoms with Crippen LogP contribution in [0.1, 0.15) is 15.9 Å². The smallest absolute Gasteiger partial charge is 0.416 e. The van der Waals surface area contributed by atoms with E-state index in [4.69, 9.17) is 11.6 Å². The molecular weight excluding hydrogens is 456 g/mol. The van der Waals surface area contributed by atoms with Gasteiger partial charge in [0, 0.05) is 0 Å². The van der Waals surface area contributed by atoms with Gasteiger partial charge in [0.25, 0.3) is 5.91 Å². The van der Waals surface area contributed by atoms with Crippen molar-refractivity contribution >= 4 is 39.2 Å². The molecule has 0 aromatic heterocycles. The summed E-state index contributed by atoms with van der Waals surface area (Å²) >= 11 is 5.74. The number of amides is 1. The van der Waals surface area contributed by atoms with Crippen LogP contribution in [0.3, 0.4) is 0 Å². The van der Waals surface area contributed by atoms with Gasteiger partial charge in [-0.2, -0.15) is 13.2 Å². The lowest BCUT2D eigenvalue weighted by atomic mass is 10.2. The van der Waals surface area contributed by atoms with Gasteiger partial charge in [-0.3, -0.25) is 4.79 Å². The Morgan fingerprint density at radius 3 is 2.40 bits per heavy atom. The molecule has 1 amide bonds. The number of hydrogen-bond donors (Lipinski definition) is 2. The summed E-state index contributed by atoms with van der Waals surface area (Å²) in [5, 5.41) is 1.85. The number of ether oxygens (including phenoxy) is 1. The number of hydrogen-bond acceptors (Lipinski definition) is 5. The number of anilines is 1. The maximum atomic E-state index is 13.9. The Morgan fingerprint density at radius 2 is 1.80 bits per heavy atom. The second-order valence-electron chi connectivity index (χ2n) is 5.67. The quantitative estimate of drug-likeness (QED) is 0.501. The van der Waals surface area contributed by atoms with Gasteiger partial charge in [-0.05, 0) is 43.4 Å². The van der Waals surface area contributed by atoms with Crippen LogP contribution in [-0.4, -0.2) is 33.9 Å². The molecular formula is C17H13ClF4N2O5S. The molecule has 0 saturated carbocycles. The van der Waals surface area contributed by atoms with Crippen LogP contribution in [0, 0.1) is 5.82 Å². The van der Waals surface area contributed by atoms with E-state index in [1.807, 2.05) is 10.0 Å². The molecule has 0 atom stereocenters. The fraction of sp³-hybridized carbons (Fsp3) is 0.176. The van der Waals surface area contributed by atoms with Crippen molar-refractivity contribution in [3.05, 3.63) is 58.4 Å². The van der Waals surface area contributed by atoms with Crippen molar-refractivity contribution in [1.82, 2.24) is 4.72 Å². The van der Waals surface area contributed by atoms with Crippen LogP contribution in [0.2, 0.25) is 5.02 Å². The zero-order valence-corrected chi connectivity index (χ0v) is 16.6. The first-order valence-electron chi connectivity index (χ1n) is 7.92. The van der Waals surface area contributed by atoms with E-state index >= 15 is 0 Å². The average Bonchev–Trinajstić information content (AvgIpc) is 2.67. The lowest BCUT2D eigenvalue weighted by Crippen LogP contribution is -2.22. The van der Waals surface area contributed by atoms with Gasteiger partial charge in [0.05, 0.1) is 26.7 Å². The van der Waals surface area contributed by atoms with Crippen molar-refractivity contribution in [2.45, 2.75) is 11.1 Å². The van der Waals surface area contributed by atoms with E-state index < -0.39 is 56.5 Å². The minimum Gasteiger partial charge on any atom is -0.452 e. The van der Waals surface area contributed by atoms with E-state index in [2.05, 4.69) is 4.74 Å². The SMILES string of the molecule is CNS(=O)(=O)c1ccc(F)c(C(=O)OCC(=O)Nc2cc(C(F)(F)F)ccc2Cl)c1. The average molecular weight is 469 g/mol. The monoisotopic (exact) mass is 468 g/mol. The third-order valence-corrected chi connectivity index (χ3v) is 5.38. The molecule has 2 rings (SSSR count). The van der Waals surface area contributed by atoms with Gasteiger partial charge in [-0.1, -0.05) is 11.6 Å². The predicted molar refractivity (Wildman–Crippen MR) is 98.0 cm³/mol. The van der Waals surface area contributed by atoms with Crippen LogP contribution in [0.15, 0.2) is 41.3 Å². The lowest BCUT2D eigenvalue weighted by Gasteiger charge is -2.12. The van der Waals surface area contributed by atoms with Crippen LogP contribution in [0.5, 0.6) is 0 Å². The first kappa shape index (κ1) is 23.6. The molecule has 0 heterocycles. The molecule has 0 bridgehead atoms. The minimum atomic E-state index is -4.67. The molecule has 2 aromatic rings. The van der Waals surface area contributed by atoms with Crippen LogP contribution in [0.4, 0.5) is 23.2 Å². The molecule has 13 heteroatoms. The normalized spacial score (nSPS) is 11.8. The van der Waals surface area contributed by atoms with Gasteiger partial charge in [0.15, 0.2) is 6.61 Å². The Hall–Kier alpha value is -2.70. The van der Waals surface area contributed by atoms with Crippen molar-refractivity contribution < 1.29 is 40.3 Å². The number of esters is 1. The molecule has 0 unspecified atom stereocenters. The zero-order valence-electron chi connectivity index (χ0n) is 15.0. The number of carbonyl (C=O) groups is 2. The molecule has 0 fully saturated rings. The van der Waals surface area contributed by atoms with E-state index in [9.17, 15) is 35.6 Å². The molecule has 0 saturated heterocycles. The van der Waals surface area contributed by atoms with Crippen LogP contribution in [0.25, 0.3) is 0 Å². The number of benzene rings is 2. The van der Waals surface area contributed by atoms with E-state index in [-0.39, 0.29) is 10.7 Å². The number of sulfonamides is 1. The van der Waals surface area contributed by atoms with Gasteiger partial charge in [-0.15, -0.1) is 0 Å². The summed E-state index contributed by atoms with van der Waals surface area (Å²) in [7, 11) is -2.86. The molecule has 0 aliphatic heterocycles. The first-order valence-corrected chi connectivity index (χ1v) is 9.78. The highest BCUT2D eigenvalue weighted by molar-refractivity contribution is 7.89. The Morgan fingerprint density at radius 1 is 1.13 bits per heavy atom. The molecule has 0 aliphatic carbocycles. The lowest BCUT2D eigenvalue weighted by molar-refractivity contribution is -0.137. The second-order valence-corrected chi connectivity index (χ2v) is 7.96. The van der Waals surface area contributed by atoms with Crippen molar-refractivity contribution in [3.63, 3.8) is 0 Å². The van der Waals surface area contributed by atoms with Crippen LogP contribution in [-0.2, 0) is 25.7 Å². The number of rotatable bonds is 6. The summed E-state index contributed by atoms with van der Waals surface area (Å²) in [5.74, 6) is -3.51. The van der Waals surface area contributed by atoms with Crippen molar-refractivity contribution in [2.75, 3.05) is 19.0 Å². The third kappa shape index (κ3) is 5.68. The fourth-order valence-corrected chi connectivity index (χ4v) is 3.06. The summed E-state index contributed by atoms with van der Waals surface area (Å²) in [6.07, 6.45) is -4.67. The van der Waals surface area contributed by atoms with Crippen LogP contribution >= 0.6 is 11.6 Å². The van der Waals surface area contributed by atoms with Gasteiger partial charge in [-0.25, -0.2) is 22.3 Å². The van der Waals surface area contributed by atoms with Gasteiger partial charge in [0.2, 0.25) is 10.0 Å². The van der Waals surface area contributed by atoms with Crippen molar-refractivity contribution in [3.8, 4) is 0 Å². The Balaban J connectivity index is 2.11. The number of carbonyl (C=O) groups excluding carboxylic acids is 2. The van der Waals surface area contributed by atoms with E-state index in [1.54, 1.807) is 0 Å². The van der Waals surface area contributed by atoms with Crippen molar-refractivity contribution in [1.29, 1.82) is 0 Å². The Labute approximate surface area is 173 Å². The van der Waals surface area contributed by atoms with Crippen molar-refractivity contribution in [2.24, 2.45) is 0 Å². The minimum absolute atomic E-state index is 0.196. The third-order valence-electron chi connectivity index (χ3n) is 3.64. The number of halogens is 5. The van der Waals surface area contributed by atoms with Crippen LogP contribution < -0.4 is 10.0 Å². The molecule has 0 spiro atoms. The molecule has 2 N–H and O–H groups in total. The fourth-order valence-electron chi connectivity index (χ4n) is 2.14. The number of alkyl halides is 3. The second kappa shape index (κ2) is 8.98. The highest BCUT2D eigenvalue weighted by atomic mass is 35.5. The molecule has 162 valence electrons. The largest absolute Gasteiger partial charge is 0.452 e. The molecule has 0 aliphatic rings. The summed E-state index contributed by atoms with van der Waals surface area (Å²) in [5.41, 5.74) is -2.19. The topological polar surface area (TPSA) is 102 Å². The van der Waals surface area contributed by atoms with E-state index in [0.29, 0.717) is 18.2 Å². The number of nitrogens with one attached hydrogen (secondary N) is 2. The maximum Gasteiger partial charge on any atom is 0.416 e. The Bertz CT molecular complexity index is 1090. The highest BCUT2D eigenvalue weighted by Crippen LogP contribution is 2.33. The maximum absolute atomic E-state index is 13.9. The molecule has 7 nitrogen and oxygen atoms in total. The Kier molecular flexibility index (Phi) is 7.06. The summed E-state index contributed by atoms with van der Waals surface area (Å²) in [6.45, 7) is -0.992. The molecule has 30 heavy (non-hydrogen) atoms. The van der Waals surface area contributed by atoms with Gasteiger partial charge < -0.3 is 10.1 Å². The summed E-state index contributed by atoms with van der Waals surface area (Å²) in [6, 6.07) is 4.59.